The van der Waals surface area contributed by atoms with E-state index in [1.807, 2.05) is 6.92 Å². The van der Waals surface area contributed by atoms with Gasteiger partial charge in [0, 0.05) is 17.9 Å². The summed E-state index contributed by atoms with van der Waals surface area (Å²) in [5, 5.41) is 6.97. The van der Waals surface area contributed by atoms with E-state index in [1.54, 1.807) is 36.4 Å². The summed E-state index contributed by atoms with van der Waals surface area (Å²) >= 11 is 0. The lowest BCUT2D eigenvalue weighted by atomic mass is 10.1. The van der Waals surface area contributed by atoms with Crippen molar-refractivity contribution < 1.29 is 36.6 Å². The number of anilines is 1. The standard InChI is InChI=1S/C25H23F3N4O5/c1-3-35-13-14-37-24-30-22(21-5-4-12-36-21)32(31-24)18-9-7-17(8-10-18)29-23(33)16-6-11-20(34-2)19(15-16)25(26,27)28/h4-12,15H,3,13-14H2,1-2H3,(H,29,33). The number of halogens is 3. The van der Waals surface area contributed by atoms with Crippen LogP contribution < -0.4 is 14.8 Å². The van der Waals surface area contributed by atoms with Gasteiger partial charge in [0.25, 0.3) is 5.91 Å². The van der Waals surface area contributed by atoms with E-state index in [2.05, 4.69) is 15.4 Å². The van der Waals surface area contributed by atoms with Crippen molar-refractivity contribution >= 4 is 11.6 Å². The zero-order valence-corrected chi connectivity index (χ0v) is 19.9. The number of rotatable bonds is 10. The summed E-state index contributed by atoms with van der Waals surface area (Å²) in [6.45, 7) is 3.09. The van der Waals surface area contributed by atoms with Gasteiger partial charge in [0.15, 0.2) is 5.76 Å². The number of furan rings is 1. The van der Waals surface area contributed by atoms with Gasteiger partial charge in [-0.25, -0.2) is 4.68 Å². The fourth-order valence-corrected chi connectivity index (χ4v) is 3.40. The van der Waals surface area contributed by atoms with Gasteiger partial charge in [0.1, 0.15) is 12.4 Å². The molecule has 0 aliphatic carbocycles. The number of amides is 1. The molecule has 37 heavy (non-hydrogen) atoms. The van der Waals surface area contributed by atoms with Crippen molar-refractivity contribution in [3.05, 3.63) is 72.0 Å². The second kappa shape index (κ2) is 11.2. The van der Waals surface area contributed by atoms with Crippen molar-refractivity contribution in [1.29, 1.82) is 0 Å². The van der Waals surface area contributed by atoms with Crippen LogP contribution in [0.2, 0.25) is 0 Å². The summed E-state index contributed by atoms with van der Waals surface area (Å²) in [6, 6.07) is 13.2. The maximum absolute atomic E-state index is 13.3. The number of benzene rings is 2. The van der Waals surface area contributed by atoms with Crippen molar-refractivity contribution in [3.8, 4) is 29.0 Å². The number of carbonyl (C=O) groups excluding carboxylic acids is 1. The van der Waals surface area contributed by atoms with E-state index < -0.39 is 17.6 Å². The Morgan fingerprint density at radius 2 is 1.89 bits per heavy atom. The smallest absolute Gasteiger partial charge is 0.419 e. The average molecular weight is 516 g/mol. The van der Waals surface area contributed by atoms with Crippen LogP contribution in [-0.2, 0) is 10.9 Å². The highest BCUT2D eigenvalue weighted by atomic mass is 19.4. The highest BCUT2D eigenvalue weighted by Crippen LogP contribution is 2.36. The first-order valence-electron chi connectivity index (χ1n) is 11.2. The Hall–Kier alpha value is -4.32. The van der Waals surface area contributed by atoms with Crippen LogP contribution in [0.1, 0.15) is 22.8 Å². The van der Waals surface area contributed by atoms with Gasteiger partial charge in [-0.1, -0.05) is 0 Å². The molecule has 0 unspecified atom stereocenters. The van der Waals surface area contributed by atoms with Crippen LogP contribution in [0.15, 0.2) is 65.3 Å². The van der Waals surface area contributed by atoms with Crippen molar-refractivity contribution in [2.45, 2.75) is 13.1 Å². The predicted molar refractivity (Wildman–Crippen MR) is 127 cm³/mol. The molecule has 1 N–H and O–H groups in total. The monoisotopic (exact) mass is 516 g/mol. The van der Waals surface area contributed by atoms with Gasteiger partial charge < -0.3 is 23.9 Å². The summed E-state index contributed by atoms with van der Waals surface area (Å²) in [7, 11) is 1.13. The highest BCUT2D eigenvalue weighted by Gasteiger charge is 2.35. The van der Waals surface area contributed by atoms with Gasteiger partial charge in [-0.2, -0.15) is 18.2 Å². The second-order valence-corrected chi connectivity index (χ2v) is 7.57. The van der Waals surface area contributed by atoms with E-state index in [0.717, 1.165) is 19.2 Å². The minimum Gasteiger partial charge on any atom is -0.496 e. The van der Waals surface area contributed by atoms with E-state index in [4.69, 9.17) is 18.6 Å². The Labute approximate surface area is 209 Å². The van der Waals surface area contributed by atoms with Crippen LogP contribution in [0.25, 0.3) is 17.3 Å². The van der Waals surface area contributed by atoms with E-state index in [9.17, 15) is 18.0 Å². The molecule has 4 rings (SSSR count). The normalized spacial score (nSPS) is 11.4. The minimum atomic E-state index is -4.67. The summed E-state index contributed by atoms with van der Waals surface area (Å²) in [5.74, 6) is -0.214. The van der Waals surface area contributed by atoms with Crippen LogP contribution in [0.3, 0.4) is 0 Å². The predicted octanol–water partition coefficient (Wildman–Crippen LogP) is 5.22. The Morgan fingerprint density at radius 1 is 1.11 bits per heavy atom. The quantitative estimate of drug-likeness (QED) is 0.288. The molecule has 0 saturated heterocycles. The molecular formula is C25H23F3N4O5. The first-order chi connectivity index (χ1) is 17.8. The van der Waals surface area contributed by atoms with Crippen molar-refractivity contribution in [3.63, 3.8) is 0 Å². The number of nitrogens with zero attached hydrogens (tertiary/aromatic N) is 3. The van der Waals surface area contributed by atoms with E-state index >= 15 is 0 Å². The van der Waals surface area contributed by atoms with Gasteiger partial charge in [-0.15, -0.1) is 5.10 Å². The van der Waals surface area contributed by atoms with Crippen molar-refractivity contribution in [2.75, 3.05) is 32.2 Å². The Balaban J connectivity index is 1.53. The third kappa shape index (κ3) is 6.09. The molecule has 4 aromatic rings. The number of hydrogen-bond donors (Lipinski definition) is 1. The number of nitrogens with one attached hydrogen (secondary N) is 1. The molecule has 12 heteroatoms. The lowest BCUT2D eigenvalue weighted by Gasteiger charge is -2.13. The summed E-state index contributed by atoms with van der Waals surface area (Å²) in [4.78, 5) is 17.0. The highest BCUT2D eigenvalue weighted by molar-refractivity contribution is 6.04. The maximum Gasteiger partial charge on any atom is 0.419 e. The van der Waals surface area contributed by atoms with E-state index in [0.29, 0.717) is 36.2 Å². The van der Waals surface area contributed by atoms with E-state index in [1.165, 1.54) is 17.0 Å². The van der Waals surface area contributed by atoms with E-state index in [-0.39, 0.29) is 23.9 Å². The molecule has 0 aliphatic rings. The van der Waals surface area contributed by atoms with Crippen LogP contribution in [0.4, 0.5) is 18.9 Å². The Bertz CT molecular complexity index is 1340. The van der Waals surface area contributed by atoms with Crippen LogP contribution in [0, 0.1) is 0 Å². The largest absolute Gasteiger partial charge is 0.496 e. The fourth-order valence-electron chi connectivity index (χ4n) is 3.40. The molecular weight excluding hydrogens is 493 g/mol. The number of carbonyl (C=O) groups is 1. The molecule has 2 aromatic heterocycles. The Morgan fingerprint density at radius 3 is 2.54 bits per heavy atom. The summed E-state index contributed by atoms with van der Waals surface area (Å²) < 4.78 is 62.5. The maximum atomic E-state index is 13.3. The molecule has 0 bridgehead atoms. The Kier molecular flexibility index (Phi) is 7.77. The first kappa shape index (κ1) is 25.8. The molecule has 2 aromatic carbocycles. The molecule has 2 heterocycles. The topological polar surface area (TPSA) is 101 Å². The minimum absolute atomic E-state index is 0.128. The third-order valence-corrected chi connectivity index (χ3v) is 5.13. The fraction of sp³-hybridized carbons (Fsp3) is 0.240. The molecule has 0 radical (unpaired) electrons. The van der Waals surface area contributed by atoms with Gasteiger partial charge in [0.05, 0.1) is 31.2 Å². The van der Waals surface area contributed by atoms with Gasteiger partial charge in [-0.05, 0) is 61.5 Å². The molecule has 194 valence electrons. The average Bonchev–Trinajstić information content (AvgIpc) is 3.56. The molecule has 0 aliphatic heterocycles. The van der Waals surface area contributed by atoms with Crippen LogP contribution >= 0.6 is 0 Å². The van der Waals surface area contributed by atoms with Crippen LogP contribution in [-0.4, -0.2) is 47.6 Å². The molecule has 0 spiro atoms. The number of methoxy groups -OCH3 is 1. The first-order valence-corrected chi connectivity index (χ1v) is 11.2. The number of ether oxygens (including phenoxy) is 3. The second-order valence-electron chi connectivity index (χ2n) is 7.57. The van der Waals surface area contributed by atoms with Crippen molar-refractivity contribution in [2.24, 2.45) is 0 Å². The number of aromatic nitrogens is 3. The zero-order chi connectivity index (χ0) is 26.4. The summed E-state index contributed by atoms with van der Waals surface area (Å²) in [6.07, 6.45) is -3.16. The van der Waals surface area contributed by atoms with Crippen molar-refractivity contribution in [1.82, 2.24) is 14.8 Å². The van der Waals surface area contributed by atoms with Crippen LogP contribution in [0.5, 0.6) is 11.8 Å². The van der Waals surface area contributed by atoms with Gasteiger partial charge in [-0.3, -0.25) is 4.79 Å². The molecule has 0 saturated carbocycles. The zero-order valence-electron chi connectivity index (χ0n) is 19.9. The van der Waals surface area contributed by atoms with Gasteiger partial charge >= 0.3 is 12.2 Å². The van der Waals surface area contributed by atoms with Gasteiger partial charge in [0.2, 0.25) is 5.82 Å². The number of alkyl halides is 3. The molecule has 9 nitrogen and oxygen atoms in total. The molecule has 1 amide bonds. The lowest BCUT2D eigenvalue weighted by Crippen LogP contribution is -2.15. The summed E-state index contributed by atoms with van der Waals surface area (Å²) in [5.41, 5.74) is -0.248. The molecule has 0 fully saturated rings. The number of hydrogen-bond acceptors (Lipinski definition) is 7. The molecule has 0 atom stereocenters. The third-order valence-electron chi connectivity index (χ3n) is 5.13. The SMILES string of the molecule is CCOCCOc1nc(-c2ccco2)n(-c2ccc(NC(=O)c3ccc(OC)c(C(F)(F)F)c3)cc2)n1. The lowest BCUT2D eigenvalue weighted by molar-refractivity contribution is -0.138.